The van der Waals surface area contributed by atoms with E-state index in [1.54, 1.807) is 6.92 Å². The number of hydrogen-bond acceptors (Lipinski definition) is 2. The fourth-order valence-corrected chi connectivity index (χ4v) is 1.04. The summed E-state index contributed by atoms with van der Waals surface area (Å²) in [6, 6.07) is 0. The smallest absolute Gasteiger partial charge is 0.333 e. The van der Waals surface area contributed by atoms with Gasteiger partial charge in [-0.05, 0) is 13.3 Å². The number of hydrogen-bond donors (Lipinski definition) is 1. The number of halogens is 1. The van der Waals surface area contributed by atoms with Gasteiger partial charge in [0.25, 0.3) is 0 Å². The fraction of sp³-hybridized carbons (Fsp3) is 0.625. The third-order valence-electron chi connectivity index (χ3n) is 1.63. The number of nitrogens with zero attached hydrogens (tertiary/aromatic N) is 1. The van der Waals surface area contributed by atoms with Crippen molar-refractivity contribution < 1.29 is 9.90 Å². The first-order valence-corrected chi connectivity index (χ1v) is 3.61. The van der Waals surface area contributed by atoms with Crippen molar-refractivity contribution in [3.63, 3.8) is 0 Å². The van der Waals surface area contributed by atoms with Crippen molar-refractivity contribution in [1.82, 2.24) is 4.90 Å². The lowest BCUT2D eigenvalue weighted by Gasteiger charge is -2.17. The van der Waals surface area contributed by atoms with Gasteiger partial charge in [-0.2, -0.15) is 0 Å². The molecule has 0 atom stereocenters. The molecular formula is C8H16ClNO2. The molecule has 0 rings (SSSR count). The highest BCUT2D eigenvalue weighted by Crippen LogP contribution is 2.10. The second-order valence-corrected chi connectivity index (χ2v) is 2.62. The highest BCUT2D eigenvalue weighted by atomic mass is 35.5. The van der Waals surface area contributed by atoms with Gasteiger partial charge < -0.3 is 10.0 Å². The van der Waals surface area contributed by atoms with Gasteiger partial charge in [-0.25, -0.2) is 4.79 Å². The van der Waals surface area contributed by atoms with Gasteiger partial charge in [0.15, 0.2) is 0 Å². The number of carboxylic acid groups (broad SMARTS) is 1. The van der Waals surface area contributed by atoms with Crippen LogP contribution in [0.1, 0.15) is 20.3 Å². The summed E-state index contributed by atoms with van der Waals surface area (Å²) in [6.45, 7) is 3.57. The first-order chi connectivity index (χ1) is 5.00. The van der Waals surface area contributed by atoms with Crippen LogP contribution in [0, 0.1) is 0 Å². The third kappa shape index (κ3) is 3.62. The van der Waals surface area contributed by atoms with E-state index >= 15 is 0 Å². The highest BCUT2D eigenvalue weighted by Gasteiger charge is 2.08. The van der Waals surface area contributed by atoms with E-state index in [1.165, 1.54) is 0 Å². The molecule has 0 heterocycles. The van der Waals surface area contributed by atoms with E-state index in [2.05, 4.69) is 0 Å². The maximum atomic E-state index is 10.5. The molecule has 0 spiro atoms. The summed E-state index contributed by atoms with van der Waals surface area (Å²) < 4.78 is 0. The van der Waals surface area contributed by atoms with Crippen LogP contribution in [0.2, 0.25) is 0 Å². The quantitative estimate of drug-likeness (QED) is 0.695. The maximum Gasteiger partial charge on any atom is 0.333 e. The highest BCUT2D eigenvalue weighted by molar-refractivity contribution is 5.86. The number of rotatable bonds is 3. The second kappa shape index (κ2) is 5.89. The Hall–Kier alpha value is -0.700. The van der Waals surface area contributed by atoms with Gasteiger partial charge >= 0.3 is 5.97 Å². The van der Waals surface area contributed by atoms with Gasteiger partial charge in [-0.1, -0.05) is 6.92 Å². The second-order valence-electron chi connectivity index (χ2n) is 2.62. The topological polar surface area (TPSA) is 40.5 Å². The predicted molar refractivity (Wildman–Crippen MR) is 51.6 cm³/mol. The normalized spacial score (nSPS) is 11.3. The van der Waals surface area contributed by atoms with Gasteiger partial charge in [0, 0.05) is 19.8 Å². The minimum absolute atomic E-state index is 0. The number of carboxylic acids is 1. The molecule has 0 bridgehead atoms. The molecule has 0 aliphatic rings. The van der Waals surface area contributed by atoms with Crippen LogP contribution in [0.15, 0.2) is 11.3 Å². The summed E-state index contributed by atoms with van der Waals surface area (Å²) in [7, 11) is 3.70. The molecule has 0 radical (unpaired) electrons. The minimum atomic E-state index is -0.837. The Morgan fingerprint density at radius 1 is 1.42 bits per heavy atom. The van der Waals surface area contributed by atoms with Crippen LogP contribution in [-0.2, 0) is 4.79 Å². The Labute approximate surface area is 79.5 Å². The third-order valence-corrected chi connectivity index (χ3v) is 1.63. The van der Waals surface area contributed by atoms with Crippen LogP contribution in [0.4, 0.5) is 0 Å². The van der Waals surface area contributed by atoms with Crippen LogP contribution in [0.5, 0.6) is 0 Å². The minimum Gasteiger partial charge on any atom is -0.478 e. The molecule has 72 valence electrons. The molecule has 0 aliphatic heterocycles. The molecular weight excluding hydrogens is 178 g/mol. The molecule has 1 N–H and O–H groups in total. The maximum absolute atomic E-state index is 10.5. The van der Waals surface area contributed by atoms with Crippen molar-refractivity contribution >= 4 is 18.4 Å². The number of carbonyl (C=O) groups is 1. The molecule has 0 amide bonds. The first kappa shape index (κ1) is 13.9. The summed E-state index contributed by atoms with van der Waals surface area (Å²) in [5, 5.41) is 8.65. The van der Waals surface area contributed by atoms with E-state index in [-0.39, 0.29) is 12.4 Å². The van der Waals surface area contributed by atoms with Crippen molar-refractivity contribution in [2.45, 2.75) is 20.3 Å². The molecule has 0 saturated carbocycles. The molecule has 3 nitrogen and oxygen atoms in total. The number of aliphatic carboxylic acids is 1. The summed E-state index contributed by atoms with van der Waals surface area (Å²) in [5.41, 5.74) is 1.30. The van der Waals surface area contributed by atoms with Crippen LogP contribution in [0.25, 0.3) is 0 Å². The SMILES string of the molecule is CC/C(=C(/C)C(=O)O)N(C)C.Cl. The zero-order valence-corrected chi connectivity index (χ0v) is 8.73. The van der Waals surface area contributed by atoms with Crippen molar-refractivity contribution in [1.29, 1.82) is 0 Å². The monoisotopic (exact) mass is 193 g/mol. The molecule has 0 fully saturated rings. The average molecular weight is 194 g/mol. The van der Waals surface area contributed by atoms with Gasteiger partial charge in [-0.15, -0.1) is 12.4 Å². The van der Waals surface area contributed by atoms with Gasteiger partial charge in [0.2, 0.25) is 0 Å². The van der Waals surface area contributed by atoms with Crippen LogP contribution in [0.3, 0.4) is 0 Å². The Morgan fingerprint density at radius 2 is 1.83 bits per heavy atom. The Kier molecular flexibility index (Phi) is 6.80. The predicted octanol–water partition coefficient (Wildman–Crippen LogP) is 1.74. The standard InChI is InChI=1S/C8H15NO2.ClH/c1-5-7(9(3)4)6(2)8(10)11;/h5H2,1-4H3,(H,10,11);1H/b7-6+;. The Morgan fingerprint density at radius 3 is 1.92 bits per heavy atom. The zero-order valence-electron chi connectivity index (χ0n) is 7.92. The van der Waals surface area contributed by atoms with E-state index in [1.807, 2.05) is 25.9 Å². The molecule has 4 heteroatoms. The van der Waals surface area contributed by atoms with Crippen LogP contribution < -0.4 is 0 Å². The molecule has 0 aromatic heterocycles. The molecule has 0 saturated heterocycles. The van der Waals surface area contributed by atoms with Crippen molar-refractivity contribution in [2.24, 2.45) is 0 Å². The van der Waals surface area contributed by atoms with Crippen LogP contribution >= 0.6 is 12.4 Å². The van der Waals surface area contributed by atoms with Gasteiger partial charge in [0.1, 0.15) is 0 Å². The van der Waals surface area contributed by atoms with Gasteiger partial charge in [0.05, 0.1) is 5.57 Å². The molecule has 12 heavy (non-hydrogen) atoms. The van der Waals surface area contributed by atoms with E-state index in [9.17, 15) is 4.79 Å². The van der Waals surface area contributed by atoms with Gasteiger partial charge in [-0.3, -0.25) is 0 Å². The van der Waals surface area contributed by atoms with Crippen molar-refractivity contribution in [3.8, 4) is 0 Å². The summed E-state index contributed by atoms with van der Waals surface area (Å²) >= 11 is 0. The number of allylic oxidation sites excluding steroid dienone is 1. The van der Waals surface area contributed by atoms with E-state index in [4.69, 9.17) is 5.11 Å². The lowest BCUT2D eigenvalue weighted by Crippen LogP contribution is -2.15. The summed E-state index contributed by atoms with van der Waals surface area (Å²) in [5.74, 6) is -0.837. The molecule has 0 unspecified atom stereocenters. The average Bonchev–Trinajstić information content (AvgIpc) is 1.88. The van der Waals surface area contributed by atoms with E-state index in [0.29, 0.717) is 5.57 Å². The largest absolute Gasteiger partial charge is 0.478 e. The first-order valence-electron chi connectivity index (χ1n) is 3.61. The van der Waals surface area contributed by atoms with Crippen LogP contribution in [-0.4, -0.2) is 30.1 Å². The molecule has 0 aromatic carbocycles. The molecule has 0 aromatic rings. The van der Waals surface area contributed by atoms with E-state index in [0.717, 1.165) is 12.1 Å². The van der Waals surface area contributed by atoms with Crippen molar-refractivity contribution in [3.05, 3.63) is 11.3 Å². The lowest BCUT2D eigenvalue weighted by atomic mass is 10.2. The fourth-order valence-electron chi connectivity index (χ4n) is 1.04. The molecule has 0 aliphatic carbocycles. The lowest BCUT2D eigenvalue weighted by molar-refractivity contribution is -0.132. The van der Waals surface area contributed by atoms with E-state index < -0.39 is 5.97 Å². The zero-order chi connectivity index (χ0) is 9.02. The summed E-state index contributed by atoms with van der Waals surface area (Å²) in [6.07, 6.45) is 0.755. The van der Waals surface area contributed by atoms with Crippen molar-refractivity contribution in [2.75, 3.05) is 14.1 Å². The Bertz CT molecular complexity index is 187. The Balaban J connectivity index is 0. The summed E-state index contributed by atoms with van der Waals surface area (Å²) in [4.78, 5) is 12.4.